The minimum Gasteiger partial charge on any atom is -0.326 e. The first-order valence-corrected chi connectivity index (χ1v) is 11.1. The Morgan fingerprint density at radius 3 is 2.31 bits per heavy atom. The zero-order valence-corrected chi connectivity index (χ0v) is 19.0. The van der Waals surface area contributed by atoms with E-state index in [2.05, 4.69) is 16.0 Å². The molecule has 1 unspecified atom stereocenters. The molecule has 0 saturated carbocycles. The van der Waals surface area contributed by atoms with E-state index < -0.39 is 0 Å². The van der Waals surface area contributed by atoms with Gasteiger partial charge < -0.3 is 20.9 Å². The fourth-order valence-corrected chi connectivity index (χ4v) is 3.76. The van der Waals surface area contributed by atoms with Gasteiger partial charge in [0.25, 0.3) is 0 Å². The van der Waals surface area contributed by atoms with E-state index >= 15 is 0 Å². The van der Waals surface area contributed by atoms with Crippen LogP contribution in [0.1, 0.15) is 38.7 Å². The molecule has 1 atom stereocenters. The number of rotatable bonds is 6. The molecule has 1 fully saturated rings. The molecule has 0 bridgehead atoms. The number of urea groups is 1. The third kappa shape index (κ3) is 6.83. The van der Waals surface area contributed by atoms with Gasteiger partial charge in [0.1, 0.15) is 0 Å². The number of carbonyl (C=O) groups is 3. The van der Waals surface area contributed by atoms with Gasteiger partial charge in [-0.15, -0.1) is 0 Å². The Labute approximate surface area is 189 Å². The summed E-state index contributed by atoms with van der Waals surface area (Å²) >= 11 is 0. The summed E-state index contributed by atoms with van der Waals surface area (Å²) in [5, 5.41) is 8.70. The molecule has 32 heavy (non-hydrogen) atoms. The van der Waals surface area contributed by atoms with Crippen LogP contribution in [-0.2, 0) is 9.59 Å². The Morgan fingerprint density at radius 1 is 0.969 bits per heavy atom. The molecular formula is C25H32N4O3. The second-order valence-corrected chi connectivity index (χ2v) is 8.80. The van der Waals surface area contributed by atoms with E-state index in [1.54, 1.807) is 29.2 Å². The van der Waals surface area contributed by atoms with Crippen LogP contribution in [0.15, 0.2) is 48.5 Å². The van der Waals surface area contributed by atoms with Crippen molar-refractivity contribution >= 4 is 34.9 Å². The average Bonchev–Trinajstić information content (AvgIpc) is 2.74. The topological polar surface area (TPSA) is 90.5 Å². The summed E-state index contributed by atoms with van der Waals surface area (Å²) < 4.78 is 0. The molecule has 170 valence electrons. The molecule has 3 rings (SSSR count). The van der Waals surface area contributed by atoms with E-state index in [4.69, 9.17) is 0 Å². The Kier molecular flexibility index (Phi) is 7.87. The standard InChI is InChI=1S/C25H32N4O3/c1-17(2)14-23(30)26-20-9-11-21(12-10-20)27-24(31)19-7-5-13-29(16-19)25(32)28-22-8-4-6-18(3)15-22/h4,6,8-12,15,17,19H,5,7,13-14,16H2,1-3H3,(H,26,30)(H,27,31)(H,28,32). The monoisotopic (exact) mass is 436 g/mol. The third-order valence-electron chi connectivity index (χ3n) is 5.38. The molecule has 7 nitrogen and oxygen atoms in total. The molecule has 3 N–H and O–H groups in total. The van der Waals surface area contributed by atoms with Gasteiger partial charge in [-0.05, 0) is 67.6 Å². The highest BCUT2D eigenvalue weighted by Gasteiger charge is 2.28. The van der Waals surface area contributed by atoms with Gasteiger partial charge in [-0.1, -0.05) is 26.0 Å². The van der Waals surface area contributed by atoms with Gasteiger partial charge in [0.2, 0.25) is 11.8 Å². The minimum atomic E-state index is -0.266. The predicted octanol–water partition coefficient (Wildman–Crippen LogP) is 4.86. The second kappa shape index (κ2) is 10.8. The highest BCUT2D eigenvalue weighted by Crippen LogP contribution is 2.21. The first kappa shape index (κ1) is 23.3. The fraction of sp³-hybridized carbons (Fsp3) is 0.400. The van der Waals surface area contributed by atoms with E-state index in [9.17, 15) is 14.4 Å². The Balaban J connectivity index is 1.52. The van der Waals surface area contributed by atoms with Crippen LogP contribution >= 0.6 is 0 Å². The summed E-state index contributed by atoms with van der Waals surface area (Å²) in [6, 6.07) is 14.6. The van der Waals surface area contributed by atoms with Crippen molar-refractivity contribution in [3.63, 3.8) is 0 Å². The molecule has 1 heterocycles. The zero-order chi connectivity index (χ0) is 23.1. The lowest BCUT2D eigenvalue weighted by molar-refractivity contribution is -0.121. The quantitative estimate of drug-likeness (QED) is 0.604. The highest BCUT2D eigenvalue weighted by atomic mass is 16.2. The first-order chi connectivity index (χ1) is 15.3. The van der Waals surface area contributed by atoms with E-state index in [1.807, 2.05) is 45.0 Å². The largest absolute Gasteiger partial charge is 0.326 e. The number of likely N-dealkylation sites (tertiary alicyclic amines) is 1. The van der Waals surface area contributed by atoms with Crippen LogP contribution in [-0.4, -0.2) is 35.8 Å². The summed E-state index contributed by atoms with van der Waals surface area (Å²) in [6.07, 6.45) is 1.98. The number of benzene rings is 2. The molecule has 0 spiro atoms. The molecule has 2 aromatic carbocycles. The molecule has 4 amide bonds. The molecule has 1 saturated heterocycles. The summed E-state index contributed by atoms with van der Waals surface area (Å²) in [5.74, 6) is -0.0994. The molecule has 1 aliphatic heterocycles. The molecular weight excluding hydrogens is 404 g/mol. The van der Waals surface area contributed by atoms with Crippen LogP contribution in [0.4, 0.5) is 21.9 Å². The van der Waals surface area contributed by atoms with Crippen molar-refractivity contribution in [1.29, 1.82) is 0 Å². The maximum Gasteiger partial charge on any atom is 0.321 e. The van der Waals surface area contributed by atoms with Crippen molar-refractivity contribution in [2.45, 2.75) is 40.0 Å². The number of piperidine rings is 1. The number of nitrogens with one attached hydrogen (secondary N) is 3. The lowest BCUT2D eigenvalue weighted by Crippen LogP contribution is -2.45. The molecule has 0 aromatic heterocycles. The molecule has 0 radical (unpaired) electrons. The third-order valence-corrected chi connectivity index (χ3v) is 5.38. The Hall–Kier alpha value is -3.35. The molecule has 7 heteroatoms. The second-order valence-electron chi connectivity index (χ2n) is 8.80. The van der Waals surface area contributed by atoms with Crippen LogP contribution < -0.4 is 16.0 Å². The van der Waals surface area contributed by atoms with E-state index in [0.717, 1.165) is 24.1 Å². The lowest BCUT2D eigenvalue weighted by Gasteiger charge is -2.32. The number of anilines is 3. The van der Waals surface area contributed by atoms with Crippen LogP contribution in [0.25, 0.3) is 0 Å². The maximum absolute atomic E-state index is 12.8. The van der Waals surface area contributed by atoms with Gasteiger partial charge in [0.05, 0.1) is 5.92 Å². The van der Waals surface area contributed by atoms with Crippen LogP contribution in [0.3, 0.4) is 0 Å². The predicted molar refractivity (Wildman–Crippen MR) is 128 cm³/mol. The number of amides is 4. The number of aryl methyl sites for hydroxylation is 1. The number of carbonyl (C=O) groups excluding carboxylic acids is 3. The Morgan fingerprint density at radius 2 is 1.66 bits per heavy atom. The van der Waals surface area contributed by atoms with Crippen molar-refractivity contribution in [3.8, 4) is 0 Å². The summed E-state index contributed by atoms with van der Waals surface area (Å²) in [5.41, 5.74) is 3.19. The van der Waals surface area contributed by atoms with Crippen LogP contribution in [0, 0.1) is 18.8 Å². The lowest BCUT2D eigenvalue weighted by atomic mass is 9.97. The van der Waals surface area contributed by atoms with Crippen LogP contribution in [0.2, 0.25) is 0 Å². The molecule has 1 aliphatic rings. The van der Waals surface area contributed by atoms with Crippen molar-refractivity contribution in [2.24, 2.45) is 11.8 Å². The number of hydrogen-bond acceptors (Lipinski definition) is 3. The van der Waals surface area contributed by atoms with Gasteiger partial charge in [0, 0.05) is 36.6 Å². The zero-order valence-electron chi connectivity index (χ0n) is 19.0. The minimum absolute atomic E-state index is 0.0250. The smallest absolute Gasteiger partial charge is 0.321 e. The fourth-order valence-electron chi connectivity index (χ4n) is 3.76. The van der Waals surface area contributed by atoms with Gasteiger partial charge in [-0.25, -0.2) is 4.79 Å². The van der Waals surface area contributed by atoms with E-state index in [-0.39, 0.29) is 23.8 Å². The van der Waals surface area contributed by atoms with E-state index in [1.165, 1.54) is 0 Å². The van der Waals surface area contributed by atoms with Gasteiger partial charge in [-0.3, -0.25) is 9.59 Å². The summed E-state index contributed by atoms with van der Waals surface area (Å²) in [4.78, 5) is 39.0. The van der Waals surface area contributed by atoms with Gasteiger partial charge in [0.15, 0.2) is 0 Å². The number of nitrogens with zero attached hydrogens (tertiary/aromatic N) is 1. The van der Waals surface area contributed by atoms with Crippen molar-refractivity contribution in [3.05, 3.63) is 54.1 Å². The van der Waals surface area contributed by atoms with Crippen molar-refractivity contribution in [1.82, 2.24) is 4.90 Å². The average molecular weight is 437 g/mol. The number of hydrogen-bond donors (Lipinski definition) is 3. The highest BCUT2D eigenvalue weighted by molar-refractivity contribution is 5.95. The van der Waals surface area contributed by atoms with Crippen molar-refractivity contribution < 1.29 is 14.4 Å². The first-order valence-electron chi connectivity index (χ1n) is 11.1. The van der Waals surface area contributed by atoms with E-state index in [0.29, 0.717) is 36.8 Å². The summed E-state index contributed by atoms with van der Waals surface area (Å²) in [6.45, 7) is 6.98. The normalized spacial score (nSPS) is 15.9. The molecule has 0 aliphatic carbocycles. The summed E-state index contributed by atoms with van der Waals surface area (Å²) in [7, 11) is 0. The van der Waals surface area contributed by atoms with Gasteiger partial charge >= 0.3 is 6.03 Å². The molecule has 2 aromatic rings. The Bertz CT molecular complexity index is 956. The van der Waals surface area contributed by atoms with Gasteiger partial charge in [-0.2, -0.15) is 0 Å². The van der Waals surface area contributed by atoms with Crippen LogP contribution in [0.5, 0.6) is 0 Å². The van der Waals surface area contributed by atoms with Crippen molar-refractivity contribution in [2.75, 3.05) is 29.0 Å². The SMILES string of the molecule is Cc1cccc(NC(=O)N2CCCC(C(=O)Nc3ccc(NC(=O)CC(C)C)cc3)C2)c1. The maximum atomic E-state index is 12.8.